The number of amides is 1. The van der Waals surface area contributed by atoms with Crippen molar-refractivity contribution in [3.05, 3.63) is 77.7 Å². The molecule has 3 N–H and O–H groups in total. The number of halogens is 3. The zero-order valence-corrected chi connectivity index (χ0v) is 25.8. The van der Waals surface area contributed by atoms with Crippen molar-refractivity contribution >= 4 is 34.1 Å². The fourth-order valence-electron chi connectivity index (χ4n) is 5.79. The van der Waals surface area contributed by atoms with E-state index < -0.39 is 17.6 Å². The smallest absolute Gasteiger partial charge is 0.416 e. The number of hydrogen-bond donors (Lipinski definition) is 2. The van der Waals surface area contributed by atoms with Crippen LogP contribution >= 0.6 is 0 Å². The largest absolute Gasteiger partial charge is 0.495 e. The molecule has 238 valence electrons. The molecule has 2 aromatic heterocycles. The number of anilines is 3. The van der Waals surface area contributed by atoms with Crippen LogP contribution in [0.4, 0.5) is 30.5 Å². The summed E-state index contributed by atoms with van der Waals surface area (Å²) < 4.78 is 48.8. The second-order valence-corrected chi connectivity index (χ2v) is 11.4. The standard InChI is InChI=1S/C33H33F3N8O2/c1-19-5-6-20(31(45)40-26-15-23(33(34,35)36)7-8-27(26)44-11-9-42(2)10-12-44)13-24(19)25-14-21-16-38-32(37)41-29(21)28(30(25)46-4)22-17-39-43(3)18-22/h5-8,13-18H,9-12H2,1-4H3,(H,40,45)(H2,37,38,41). The van der Waals surface area contributed by atoms with Crippen LogP contribution in [0.2, 0.25) is 0 Å². The molecular formula is C33H33F3N8O2. The van der Waals surface area contributed by atoms with Crippen LogP contribution in [0.25, 0.3) is 33.2 Å². The van der Waals surface area contributed by atoms with Crippen LogP contribution in [-0.2, 0) is 13.2 Å². The maximum absolute atomic E-state index is 13.8. The van der Waals surface area contributed by atoms with Crippen LogP contribution in [-0.4, -0.2) is 70.9 Å². The minimum absolute atomic E-state index is 0.100. The molecular weight excluding hydrogens is 597 g/mol. The van der Waals surface area contributed by atoms with E-state index in [0.717, 1.165) is 36.3 Å². The Morgan fingerprint density at radius 1 is 1.00 bits per heavy atom. The van der Waals surface area contributed by atoms with Gasteiger partial charge < -0.3 is 25.6 Å². The van der Waals surface area contributed by atoms with Gasteiger partial charge in [-0.15, -0.1) is 0 Å². The average Bonchev–Trinajstić information content (AvgIpc) is 3.46. The van der Waals surface area contributed by atoms with Gasteiger partial charge in [-0.25, -0.2) is 9.97 Å². The lowest BCUT2D eigenvalue weighted by Gasteiger charge is -2.35. The zero-order valence-electron chi connectivity index (χ0n) is 25.8. The molecule has 1 fully saturated rings. The van der Waals surface area contributed by atoms with E-state index in [1.807, 2.05) is 31.1 Å². The number of methoxy groups -OCH3 is 1. The molecule has 5 aromatic rings. The summed E-state index contributed by atoms with van der Waals surface area (Å²) in [6.07, 6.45) is 0.594. The monoisotopic (exact) mass is 630 g/mol. The first-order chi connectivity index (χ1) is 21.9. The van der Waals surface area contributed by atoms with Gasteiger partial charge in [-0.2, -0.15) is 18.3 Å². The number of nitrogens with zero attached hydrogens (tertiary/aromatic N) is 6. The highest BCUT2D eigenvalue weighted by Crippen LogP contribution is 2.45. The first kappa shape index (κ1) is 30.8. The molecule has 0 bridgehead atoms. The zero-order chi connectivity index (χ0) is 32.7. The van der Waals surface area contributed by atoms with Crippen LogP contribution in [0.15, 0.2) is 61.1 Å². The van der Waals surface area contributed by atoms with Gasteiger partial charge in [0.05, 0.1) is 41.3 Å². The van der Waals surface area contributed by atoms with Gasteiger partial charge in [-0.1, -0.05) is 6.07 Å². The summed E-state index contributed by atoms with van der Waals surface area (Å²) in [6, 6.07) is 10.5. The third kappa shape index (κ3) is 5.93. The van der Waals surface area contributed by atoms with Gasteiger partial charge in [-0.05, 0) is 61.5 Å². The molecule has 13 heteroatoms. The van der Waals surface area contributed by atoms with E-state index in [9.17, 15) is 18.0 Å². The van der Waals surface area contributed by atoms with Gasteiger partial charge in [0.2, 0.25) is 5.95 Å². The minimum Gasteiger partial charge on any atom is -0.495 e. The number of aryl methyl sites for hydroxylation is 2. The van der Waals surface area contributed by atoms with Crippen molar-refractivity contribution in [1.82, 2.24) is 24.6 Å². The number of nitrogens with one attached hydrogen (secondary N) is 1. The van der Waals surface area contributed by atoms with Gasteiger partial charge in [0, 0.05) is 67.7 Å². The van der Waals surface area contributed by atoms with Crippen LogP contribution in [0, 0.1) is 6.92 Å². The molecule has 46 heavy (non-hydrogen) atoms. The number of alkyl halides is 3. The van der Waals surface area contributed by atoms with Gasteiger partial charge in [0.1, 0.15) is 5.75 Å². The summed E-state index contributed by atoms with van der Waals surface area (Å²) >= 11 is 0. The molecule has 1 amide bonds. The average molecular weight is 631 g/mol. The highest BCUT2D eigenvalue weighted by molar-refractivity contribution is 6.08. The van der Waals surface area contributed by atoms with Crippen LogP contribution in [0.5, 0.6) is 5.75 Å². The van der Waals surface area contributed by atoms with E-state index in [1.54, 1.807) is 49.4 Å². The number of fused-ring (bicyclic) bond motifs is 1. The van der Waals surface area contributed by atoms with Gasteiger partial charge >= 0.3 is 6.18 Å². The normalized spacial score (nSPS) is 14.1. The molecule has 0 radical (unpaired) electrons. The number of likely N-dealkylation sites (N-methyl/N-ethyl adjacent to an activating group) is 1. The van der Waals surface area contributed by atoms with E-state index in [4.69, 9.17) is 10.5 Å². The molecule has 10 nitrogen and oxygen atoms in total. The van der Waals surface area contributed by atoms with Crippen molar-refractivity contribution in [2.45, 2.75) is 13.1 Å². The topological polar surface area (TPSA) is 114 Å². The number of rotatable bonds is 6. The Kier molecular flexibility index (Phi) is 8.03. The summed E-state index contributed by atoms with van der Waals surface area (Å²) in [6.45, 7) is 4.65. The van der Waals surface area contributed by atoms with Crippen molar-refractivity contribution in [1.29, 1.82) is 0 Å². The second-order valence-electron chi connectivity index (χ2n) is 11.4. The number of aromatic nitrogens is 4. The minimum atomic E-state index is -4.57. The summed E-state index contributed by atoms with van der Waals surface area (Å²) in [7, 11) is 5.35. The number of nitrogens with two attached hydrogens (primary N) is 1. The highest BCUT2D eigenvalue weighted by Gasteiger charge is 2.32. The van der Waals surface area contributed by atoms with E-state index in [2.05, 4.69) is 25.3 Å². The number of benzene rings is 3. The van der Waals surface area contributed by atoms with Crippen molar-refractivity contribution in [3.63, 3.8) is 0 Å². The molecule has 3 heterocycles. The van der Waals surface area contributed by atoms with E-state index >= 15 is 0 Å². The Balaban J connectivity index is 1.44. The highest BCUT2D eigenvalue weighted by atomic mass is 19.4. The number of piperazine rings is 1. The van der Waals surface area contributed by atoms with E-state index in [-0.39, 0.29) is 17.2 Å². The molecule has 6 rings (SSSR count). The Morgan fingerprint density at radius 2 is 1.76 bits per heavy atom. The third-order valence-electron chi connectivity index (χ3n) is 8.25. The molecule has 3 aromatic carbocycles. The van der Waals surface area contributed by atoms with E-state index in [1.165, 1.54) is 6.07 Å². The number of nitrogen functional groups attached to an aromatic ring is 1. The molecule has 1 aliphatic rings. The maximum Gasteiger partial charge on any atom is 0.416 e. The summed E-state index contributed by atoms with van der Waals surface area (Å²) in [5.41, 5.74) is 10.2. The Morgan fingerprint density at radius 3 is 2.43 bits per heavy atom. The predicted octanol–water partition coefficient (Wildman–Crippen LogP) is 5.62. The quantitative estimate of drug-likeness (QED) is 0.249. The summed E-state index contributed by atoms with van der Waals surface area (Å²) in [5, 5.41) is 7.79. The lowest BCUT2D eigenvalue weighted by Crippen LogP contribution is -2.44. The Bertz CT molecular complexity index is 1950. The van der Waals surface area contributed by atoms with Gasteiger partial charge in [-0.3, -0.25) is 9.48 Å². The molecule has 0 spiro atoms. The molecule has 0 aliphatic carbocycles. The predicted molar refractivity (Wildman–Crippen MR) is 172 cm³/mol. The van der Waals surface area contributed by atoms with Gasteiger partial charge in [0.15, 0.2) is 0 Å². The first-order valence-corrected chi connectivity index (χ1v) is 14.6. The first-order valence-electron chi connectivity index (χ1n) is 14.6. The lowest BCUT2D eigenvalue weighted by molar-refractivity contribution is -0.137. The lowest BCUT2D eigenvalue weighted by atomic mass is 9.92. The van der Waals surface area contributed by atoms with Crippen molar-refractivity contribution < 1.29 is 22.7 Å². The van der Waals surface area contributed by atoms with Crippen LogP contribution in [0.3, 0.4) is 0 Å². The maximum atomic E-state index is 13.8. The number of hydrogen-bond acceptors (Lipinski definition) is 8. The van der Waals surface area contributed by atoms with Gasteiger partial charge in [0.25, 0.3) is 5.91 Å². The van der Waals surface area contributed by atoms with Crippen molar-refractivity contribution in [2.24, 2.45) is 7.05 Å². The number of ether oxygens (including phenoxy) is 1. The Labute approximate surface area is 263 Å². The third-order valence-corrected chi connectivity index (χ3v) is 8.25. The summed E-state index contributed by atoms with van der Waals surface area (Å²) in [4.78, 5) is 26.6. The number of carbonyl (C=O) groups is 1. The van der Waals surface area contributed by atoms with E-state index in [0.29, 0.717) is 52.1 Å². The van der Waals surface area contributed by atoms with Crippen LogP contribution in [0.1, 0.15) is 21.5 Å². The fraction of sp³-hybridized carbons (Fsp3) is 0.273. The van der Waals surface area contributed by atoms with Crippen molar-refractivity contribution in [2.75, 3.05) is 56.3 Å². The summed E-state index contributed by atoms with van der Waals surface area (Å²) in [5.74, 6) is 0.0571. The molecule has 0 saturated carbocycles. The number of carbonyl (C=O) groups excluding carboxylic acids is 1. The Hall–Kier alpha value is -5.17. The van der Waals surface area contributed by atoms with Crippen LogP contribution < -0.4 is 20.7 Å². The SMILES string of the molecule is COc1c(-c2cc(C(=O)Nc3cc(C(F)(F)F)ccc3N3CCN(C)CC3)ccc2C)cc2cnc(N)nc2c1-c1cnn(C)c1. The molecule has 0 atom stereocenters. The van der Waals surface area contributed by atoms with Crippen molar-refractivity contribution in [3.8, 4) is 28.0 Å². The molecule has 0 unspecified atom stereocenters. The second kappa shape index (κ2) is 12.0. The fourth-order valence-corrected chi connectivity index (χ4v) is 5.79. The molecule has 1 aliphatic heterocycles. The molecule has 1 saturated heterocycles.